The van der Waals surface area contributed by atoms with E-state index in [1.165, 1.54) is 0 Å². The van der Waals surface area contributed by atoms with Crippen LogP contribution < -0.4 is 9.47 Å². The molecule has 0 saturated carbocycles. The van der Waals surface area contributed by atoms with Gasteiger partial charge in [-0.2, -0.15) is 0 Å². The number of carbonyl (C=O) groups is 1. The second-order valence-corrected chi connectivity index (χ2v) is 4.11. The third-order valence-electron chi connectivity index (χ3n) is 3.15. The minimum Gasteiger partial charge on any atom is -0.457 e. The van der Waals surface area contributed by atoms with Crippen molar-refractivity contribution in [2.75, 3.05) is 6.79 Å². The Morgan fingerprint density at radius 1 is 1.06 bits per heavy atom. The third-order valence-corrected chi connectivity index (χ3v) is 3.15. The van der Waals surface area contributed by atoms with Gasteiger partial charge >= 0.3 is 5.97 Å². The van der Waals surface area contributed by atoms with Gasteiger partial charge in [0.1, 0.15) is 6.61 Å². The van der Waals surface area contributed by atoms with Gasteiger partial charge in [-0.3, -0.25) is 0 Å². The van der Waals surface area contributed by atoms with Gasteiger partial charge in [0, 0.05) is 10.9 Å². The number of ether oxygens (including phenoxy) is 3. The Hall–Kier alpha value is -2.23. The van der Waals surface area contributed by atoms with Gasteiger partial charge in [-0.25, -0.2) is 4.79 Å². The molecule has 84 valence electrons. The van der Waals surface area contributed by atoms with Crippen LogP contribution in [0.25, 0.3) is 10.8 Å². The molecular formula is C13H8O4. The van der Waals surface area contributed by atoms with Gasteiger partial charge in [0.2, 0.25) is 6.79 Å². The molecule has 0 unspecified atom stereocenters. The Morgan fingerprint density at radius 2 is 2.00 bits per heavy atom. The fraction of sp³-hybridized carbons (Fsp3) is 0.154. The molecule has 4 rings (SSSR count). The second-order valence-electron chi connectivity index (χ2n) is 4.11. The van der Waals surface area contributed by atoms with Crippen LogP contribution in [0, 0.1) is 0 Å². The van der Waals surface area contributed by atoms with E-state index < -0.39 is 0 Å². The molecule has 2 aliphatic heterocycles. The molecule has 0 atom stereocenters. The summed E-state index contributed by atoms with van der Waals surface area (Å²) < 4.78 is 15.8. The maximum Gasteiger partial charge on any atom is 0.338 e. The molecule has 0 amide bonds. The SMILES string of the molecule is O=C1OCc2cc3c4c(ccc3cc21)OCO4. The standard InChI is InChI=1S/C13H8O4/c14-13-10-3-7-1-2-11-12(17-6-16-11)9(7)4-8(10)5-15-13/h1-4H,5-6H2. The molecule has 2 aliphatic rings. The average Bonchev–Trinajstić information content (AvgIpc) is 2.94. The van der Waals surface area contributed by atoms with Crippen molar-refractivity contribution in [3.8, 4) is 11.5 Å². The Labute approximate surface area is 96.7 Å². The smallest absolute Gasteiger partial charge is 0.338 e. The first-order chi connectivity index (χ1) is 8.33. The van der Waals surface area contributed by atoms with E-state index in [0.717, 1.165) is 27.8 Å². The summed E-state index contributed by atoms with van der Waals surface area (Å²) in [5, 5.41) is 1.93. The molecule has 0 spiro atoms. The lowest BCUT2D eigenvalue weighted by Crippen LogP contribution is -1.94. The van der Waals surface area contributed by atoms with Gasteiger partial charge in [-0.1, -0.05) is 6.07 Å². The maximum absolute atomic E-state index is 11.5. The van der Waals surface area contributed by atoms with Crippen molar-refractivity contribution in [1.82, 2.24) is 0 Å². The topological polar surface area (TPSA) is 44.8 Å². The minimum absolute atomic E-state index is 0.250. The van der Waals surface area contributed by atoms with Crippen LogP contribution in [0.4, 0.5) is 0 Å². The summed E-state index contributed by atoms with van der Waals surface area (Å²) in [5.74, 6) is 1.26. The average molecular weight is 228 g/mol. The van der Waals surface area contributed by atoms with Crippen molar-refractivity contribution >= 4 is 16.7 Å². The lowest BCUT2D eigenvalue weighted by atomic mass is 10.0. The van der Waals surface area contributed by atoms with Gasteiger partial charge < -0.3 is 14.2 Å². The van der Waals surface area contributed by atoms with E-state index in [0.29, 0.717) is 12.2 Å². The molecular weight excluding hydrogens is 220 g/mol. The predicted octanol–water partition coefficient (Wildman–Crippen LogP) is 2.24. The van der Waals surface area contributed by atoms with Gasteiger partial charge in [-0.05, 0) is 23.6 Å². The van der Waals surface area contributed by atoms with E-state index in [9.17, 15) is 4.79 Å². The summed E-state index contributed by atoms with van der Waals surface area (Å²) in [6.07, 6.45) is 0. The highest BCUT2D eigenvalue weighted by Crippen LogP contribution is 2.40. The number of hydrogen-bond acceptors (Lipinski definition) is 4. The van der Waals surface area contributed by atoms with Crippen LogP contribution in [0.15, 0.2) is 24.3 Å². The van der Waals surface area contributed by atoms with E-state index >= 15 is 0 Å². The van der Waals surface area contributed by atoms with E-state index in [1.54, 1.807) is 0 Å². The van der Waals surface area contributed by atoms with Crippen molar-refractivity contribution < 1.29 is 19.0 Å². The normalized spacial score (nSPS) is 16.1. The van der Waals surface area contributed by atoms with Gasteiger partial charge in [0.15, 0.2) is 11.5 Å². The molecule has 2 aromatic carbocycles. The van der Waals surface area contributed by atoms with Gasteiger partial charge in [0.25, 0.3) is 0 Å². The van der Waals surface area contributed by atoms with Crippen molar-refractivity contribution in [1.29, 1.82) is 0 Å². The highest BCUT2D eigenvalue weighted by Gasteiger charge is 2.24. The zero-order chi connectivity index (χ0) is 11.4. The Morgan fingerprint density at radius 3 is 2.94 bits per heavy atom. The van der Waals surface area contributed by atoms with Crippen molar-refractivity contribution in [3.05, 3.63) is 35.4 Å². The molecule has 4 nitrogen and oxygen atoms in total. The summed E-state index contributed by atoms with van der Waals surface area (Å²) in [7, 11) is 0. The number of rotatable bonds is 0. The largest absolute Gasteiger partial charge is 0.457 e. The van der Waals surface area contributed by atoms with Gasteiger partial charge in [0.05, 0.1) is 5.56 Å². The lowest BCUT2D eigenvalue weighted by Gasteiger charge is -2.04. The Bertz CT molecular complexity index is 660. The summed E-state index contributed by atoms with van der Waals surface area (Å²) in [5.41, 5.74) is 1.56. The van der Waals surface area contributed by atoms with E-state index in [1.807, 2.05) is 24.3 Å². The fourth-order valence-corrected chi connectivity index (χ4v) is 2.31. The Kier molecular flexibility index (Phi) is 1.52. The molecule has 0 aromatic heterocycles. The molecule has 0 radical (unpaired) electrons. The van der Waals surface area contributed by atoms with Crippen LogP contribution in [-0.2, 0) is 11.3 Å². The number of cyclic esters (lactones) is 1. The quantitative estimate of drug-likeness (QED) is 0.648. The van der Waals surface area contributed by atoms with Crippen LogP contribution in [0.1, 0.15) is 15.9 Å². The van der Waals surface area contributed by atoms with Crippen LogP contribution in [0.5, 0.6) is 11.5 Å². The number of hydrogen-bond donors (Lipinski definition) is 0. The van der Waals surface area contributed by atoms with Crippen LogP contribution >= 0.6 is 0 Å². The zero-order valence-electron chi connectivity index (χ0n) is 8.86. The van der Waals surface area contributed by atoms with Crippen LogP contribution in [0.2, 0.25) is 0 Å². The first kappa shape index (κ1) is 8.87. The van der Waals surface area contributed by atoms with Crippen LogP contribution in [-0.4, -0.2) is 12.8 Å². The third kappa shape index (κ3) is 1.09. The van der Waals surface area contributed by atoms with E-state index in [2.05, 4.69) is 0 Å². The summed E-state index contributed by atoms with van der Waals surface area (Å²) in [4.78, 5) is 11.5. The van der Waals surface area contributed by atoms with Crippen molar-refractivity contribution in [2.45, 2.75) is 6.61 Å². The maximum atomic E-state index is 11.5. The molecule has 0 fully saturated rings. The number of fused-ring (bicyclic) bond motifs is 4. The monoisotopic (exact) mass is 228 g/mol. The fourth-order valence-electron chi connectivity index (χ4n) is 2.31. The minimum atomic E-state index is -0.250. The van der Waals surface area contributed by atoms with Gasteiger partial charge in [-0.15, -0.1) is 0 Å². The molecule has 0 N–H and O–H groups in total. The van der Waals surface area contributed by atoms with Crippen molar-refractivity contribution in [3.63, 3.8) is 0 Å². The van der Waals surface area contributed by atoms with E-state index in [4.69, 9.17) is 14.2 Å². The first-order valence-corrected chi connectivity index (χ1v) is 5.35. The molecule has 0 saturated heterocycles. The van der Waals surface area contributed by atoms with Crippen LogP contribution in [0.3, 0.4) is 0 Å². The van der Waals surface area contributed by atoms with E-state index in [-0.39, 0.29) is 12.8 Å². The summed E-state index contributed by atoms with van der Waals surface area (Å²) >= 11 is 0. The first-order valence-electron chi connectivity index (χ1n) is 5.35. The molecule has 4 heteroatoms. The number of carbonyl (C=O) groups excluding carboxylic acids is 1. The predicted molar refractivity (Wildman–Crippen MR) is 59.2 cm³/mol. The van der Waals surface area contributed by atoms with Crippen molar-refractivity contribution in [2.24, 2.45) is 0 Å². The second kappa shape index (κ2) is 2.91. The zero-order valence-corrected chi connectivity index (χ0v) is 8.86. The highest BCUT2D eigenvalue weighted by molar-refractivity contribution is 6.01. The molecule has 2 aromatic rings. The molecule has 0 aliphatic carbocycles. The summed E-state index contributed by atoms with van der Waals surface area (Å²) in [6.45, 7) is 0.593. The number of esters is 1. The molecule has 17 heavy (non-hydrogen) atoms. The Balaban J connectivity index is 2.08. The molecule has 0 bridgehead atoms. The highest BCUT2D eigenvalue weighted by atomic mass is 16.7. The molecule has 2 heterocycles. The number of benzene rings is 2. The lowest BCUT2D eigenvalue weighted by molar-refractivity contribution is 0.0535. The summed E-state index contributed by atoms with van der Waals surface area (Å²) in [6, 6.07) is 7.58.